The van der Waals surface area contributed by atoms with Gasteiger partial charge in [-0.1, -0.05) is 26.3 Å². The minimum Gasteiger partial charge on any atom is -0.369 e. The number of quaternary nitrogens is 1. The first-order valence-electron chi connectivity index (χ1n) is 7.63. The van der Waals surface area contributed by atoms with Gasteiger partial charge in [0.1, 0.15) is 5.69 Å². The highest BCUT2D eigenvalue weighted by molar-refractivity contribution is 5.81. The Morgan fingerprint density at radius 2 is 2.10 bits per heavy atom. The highest BCUT2D eigenvalue weighted by Crippen LogP contribution is 2.57. The van der Waals surface area contributed by atoms with Crippen molar-refractivity contribution < 1.29 is 10.5 Å². The van der Waals surface area contributed by atoms with Gasteiger partial charge < -0.3 is 11.5 Å². The van der Waals surface area contributed by atoms with Crippen LogP contribution in [0.1, 0.15) is 50.7 Å². The number of nitrogens with two attached hydrogens (primary N) is 1. The zero-order chi connectivity index (χ0) is 14.5. The molecule has 0 spiro atoms. The predicted octanol–water partition coefficient (Wildman–Crippen LogP) is 2.06. The summed E-state index contributed by atoms with van der Waals surface area (Å²) in [6, 6.07) is 6.55. The number of benzene rings is 1. The third-order valence-corrected chi connectivity index (χ3v) is 5.98. The van der Waals surface area contributed by atoms with Crippen molar-refractivity contribution in [1.29, 1.82) is 0 Å². The van der Waals surface area contributed by atoms with Crippen LogP contribution in [0.25, 0.3) is 0 Å². The van der Waals surface area contributed by atoms with Gasteiger partial charge in [-0.05, 0) is 54.2 Å². The molecule has 1 saturated carbocycles. The normalized spacial score (nSPS) is 36.0. The van der Waals surface area contributed by atoms with Crippen LogP contribution in [0.15, 0.2) is 18.2 Å². The molecule has 3 atom stereocenters. The first-order valence-corrected chi connectivity index (χ1v) is 7.63. The van der Waals surface area contributed by atoms with Crippen molar-refractivity contribution >= 4 is 11.6 Å². The summed E-state index contributed by atoms with van der Waals surface area (Å²) in [5, 5.41) is 0. The smallest absolute Gasteiger partial charge is 0.223 e. The van der Waals surface area contributed by atoms with Crippen LogP contribution >= 0.6 is 0 Å². The fourth-order valence-electron chi connectivity index (χ4n) is 4.84. The van der Waals surface area contributed by atoms with Crippen molar-refractivity contribution in [3.63, 3.8) is 0 Å². The average molecular weight is 273 g/mol. The Morgan fingerprint density at radius 1 is 1.35 bits per heavy atom. The molecule has 0 heterocycles. The fourth-order valence-corrected chi connectivity index (χ4v) is 4.84. The minimum atomic E-state index is -0.353. The molecule has 2 aliphatic rings. The molecule has 3 heteroatoms. The molecule has 5 N–H and O–H groups in total. The summed E-state index contributed by atoms with van der Waals surface area (Å²) in [4.78, 5) is 12.1. The molecule has 0 bridgehead atoms. The van der Waals surface area contributed by atoms with E-state index in [2.05, 4.69) is 37.8 Å². The Kier molecular flexibility index (Phi) is 2.94. The summed E-state index contributed by atoms with van der Waals surface area (Å²) in [5.74, 6) is 0.245. The summed E-state index contributed by atoms with van der Waals surface area (Å²) in [7, 11) is 0. The Balaban J connectivity index is 2.12. The maximum Gasteiger partial charge on any atom is 0.223 e. The SMILES string of the molecule is CC1(C(N)=O)CCCC2(C)c3ccc([NH3+])cc3CCC12. The Hall–Kier alpha value is -1.35. The lowest BCUT2D eigenvalue weighted by atomic mass is 9.49. The highest BCUT2D eigenvalue weighted by atomic mass is 16.1. The van der Waals surface area contributed by atoms with E-state index < -0.39 is 0 Å². The third kappa shape index (κ3) is 1.72. The molecule has 3 rings (SSSR count). The number of aryl methyl sites for hydroxylation is 1. The topological polar surface area (TPSA) is 70.7 Å². The van der Waals surface area contributed by atoms with Gasteiger partial charge in [-0.15, -0.1) is 0 Å². The largest absolute Gasteiger partial charge is 0.369 e. The van der Waals surface area contributed by atoms with Crippen molar-refractivity contribution in [3.8, 4) is 0 Å². The van der Waals surface area contributed by atoms with E-state index in [4.69, 9.17) is 5.73 Å². The molecule has 1 aromatic rings. The molecular formula is C17H25N2O+. The molecule has 1 aromatic carbocycles. The second-order valence-electron chi connectivity index (χ2n) is 7.14. The molecule has 3 nitrogen and oxygen atoms in total. The van der Waals surface area contributed by atoms with E-state index in [-0.39, 0.29) is 16.7 Å². The van der Waals surface area contributed by atoms with E-state index >= 15 is 0 Å². The van der Waals surface area contributed by atoms with Crippen LogP contribution in [0.2, 0.25) is 0 Å². The van der Waals surface area contributed by atoms with Crippen LogP contribution in [-0.2, 0) is 16.6 Å². The number of primary amides is 1. The lowest BCUT2D eigenvalue weighted by molar-refractivity contribution is -0.254. The minimum absolute atomic E-state index is 0.0866. The van der Waals surface area contributed by atoms with E-state index in [0.717, 1.165) is 37.8 Å². The molecule has 0 radical (unpaired) electrons. The quantitative estimate of drug-likeness (QED) is 0.807. The number of carbonyl (C=O) groups excluding carboxylic acids is 1. The summed E-state index contributed by atoms with van der Waals surface area (Å²) < 4.78 is 0. The number of amides is 1. The van der Waals surface area contributed by atoms with E-state index in [1.807, 2.05) is 0 Å². The van der Waals surface area contributed by atoms with E-state index in [0.29, 0.717) is 5.92 Å². The predicted molar refractivity (Wildman–Crippen MR) is 79.3 cm³/mol. The third-order valence-electron chi connectivity index (χ3n) is 5.98. The van der Waals surface area contributed by atoms with Crippen molar-refractivity contribution in [3.05, 3.63) is 29.3 Å². The molecule has 1 fully saturated rings. The molecule has 0 aromatic heterocycles. The molecule has 2 aliphatic carbocycles. The van der Waals surface area contributed by atoms with Crippen molar-refractivity contribution in [1.82, 2.24) is 0 Å². The Bertz CT molecular complexity index is 568. The van der Waals surface area contributed by atoms with Gasteiger partial charge in [0, 0.05) is 11.5 Å². The molecule has 0 saturated heterocycles. The van der Waals surface area contributed by atoms with Crippen LogP contribution in [0.4, 0.5) is 5.69 Å². The lowest BCUT2D eigenvalue weighted by Crippen LogP contribution is -2.54. The van der Waals surface area contributed by atoms with Crippen molar-refractivity contribution in [2.45, 2.75) is 51.4 Å². The lowest BCUT2D eigenvalue weighted by Gasteiger charge is -2.54. The number of carbonyl (C=O) groups is 1. The number of hydrogen-bond donors (Lipinski definition) is 2. The first-order chi connectivity index (χ1) is 9.38. The molecule has 108 valence electrons. The van der Waals surface area contributed by atoms with Crippen LogP contribution in [-0.4, -0.2) is 5.91 Å². The summed E-state index contributed by atoms with van der Waals surface area (Å²) in [6.45, 7) is 4.41. The van der Waals surface area contributed by atoms with Crippen molar-refractivity contribution in [2.24, 2.45) is 17.1 Å². The summed E-state index contributed by atoms with van der Waals surface area (Å²) in [6.07, 6.45) is 5.28. The molecule has 1 amide bonds. The van der Waals surface area contributed by atoms with Gasteiger partial charge in [0.2, 0.25) is 5.91 Å². The fraction of sp³-hybridized carbons (Fsp3) is 0.588. The van der Waals surface area contributed by atoms with Gasteiger partial charge in [-0.3, -0.25) is 4.79 Å². The monoisotopic (exact) mass is 273 g/mol. The molecular weight excluding hydrogens is 248 g/mol. The molecule has 20 heavy (non-hydrogen) atoms. The molecule has 0 aliphatic heterocycles. The molecule has 3 unspecified atom stereocenters. The standard InChI is InChI=1S/C17H24N2O/c1-16-8-3-9-17(2,15(19)20)14(16)7-4-11-10-12(18)5-6-13(11)16/h5-6,10,14H,3-4,7-9,18H2,1-2H3,(H2,19,20)/p+1. The second kappa shape index (κ2) is 4.32. The zero-order valence-corrected chi connectivity index (χ0v) is 12.5. The summed E-state index contributed by atoms with van der Waals surface area (Å²) in [5.41, 5.74) is 13.5. The number of rotatable bonds is 1. The van der Waals surface area contributed by atoms with Crippen LogP contribution in [0, 0.1) is 11.3 Å². The Morgan fingerprint density at radius 3 is 2.80 bits per heavy atom. The van der Waals surface area contributed by atoms with Gasteiger partial charge in [0.25, 0.3) is 0 Å². The van der Waals surface area contributed by atoms with Gasteiger partial charge in [-0.25, -0.2) is 0 Å². The van der Waals surface area contributed by atoms with E-state index in [1.165, 1.54) is 11.1 Å². The highest BCUT2D eigenvalue weighted by Gasteiger charge is 2.54. The van der Waals surface area contributed by atoms with Gasteiger partial charge in [-0.2, -0.15) is 0 Å². The van der Waals surface area contributed by atoms with E-state index in [9.17, 15) is 4.79 Å². The van der Waals surface area contributed by atoms with Gasteiger partial charge in [0.05, 0.1) is 0 Å². The van der Waals surface area contributed by atoms with Crippen molar-refractivity contribution in [2.75, 3.05) is 0 Å². The maximum absolute atomic E-state index is 12.1. The average Bonchev–Trinajstić information content (AvgIpc) is 2.37. The van der Waals surface area contributed by atoms with Crippen LogP contribution in [0.3, 0.4) is 0 Å². The van der Waals surface area contributed by atoms with E-state index in [1.54, 1.807) is 0 Å². The number of hydrogen-bond acceptors (Lipinski definition) is 1. The van der Waals surface area contributed by atoms with Crippen LogP contribution in [0.5, 0.6) is 0 Å². The van der Waals surface area contributed by atoms with Gasteiger partial charge >= 0.3 is 0 Å². The first kappa shape index (κ1) is 13.6. The van der Waals surface area contributed by atoms with Crippen LogP contribution < -0.4 is 11.5 Å². The van der Waals surface area contributed by atoms with Gasteiger partial charge in [0.15, 0.2) is 0 Å². The Labute approximate surface area is 120 Å². The second-order valence-corrected chi connectivity index (χ2v) is 7.14. The zero-order valence-electron chi connectivity index (χ0n) is 12.5. The summed E-state index contributed by atoms with van der Waals surface area (Å²) >= 11 is 0. The number of fused-ring (bicyclic) bond motifs is 3. The maximum atomic E-state index is 12.1.